The van der Waals surface area contributed by atoms with E-state index in [1.54, 1.807) is 23.8 Å². The molecule has 6 heteroatoms. The molecule has 0 aliphatic rings. The van der Waals surface area contributed by atoms with Gasteiger partial charge in [-0.2, -0.15) is 0 Å². The molecule has 0 saturated carbocycles. The number of nitrogens with two attached hydrogens (primary N) is 1. The maximum absolute atomic E-state index is 12.1. The first-order chi connectivity index (χ1) is 9.88. The first-order valence-electron chi connectivity index (χ1n) is 7.36. The standard InChI is InChI=1S/C15H25N3O3/c1-5-7-18-9-12(16)8-13(18)15(20)21-11(4)14(19)17-10(3)6-2/h8-11H,5-7,16H2,1-4H3,(H,17,19). The Morgan fingerprint density at radius 2 is 2.05 bits per heavy atom. The van der Waals surface area contributed by atoms with Crippen molar-refractivity contribution in [3.05, 3.63) is 18.0 Å². The van der Waals surface area contributed by atoms with Crippen molar-refractivity contribution in [3.63, 3.8) is 0 Å². The van der Waals surface area contributed by atoms with Gasteiger partial charge in [-0.3, -0.25) is 4.79 Å². The summed E-state index contributed by atoms with van der Waals surface area (Å²) in [6.45, 7) is 8.12. The molecule has 2 atom stereocenters. The van der Waals surface area contributed by atoms with Crippen LogP contribution in [0.1, 0.15) is 51.0 Å². The fourth-order valence-electron chi connectivity index (χ4n) is 1.87. The van der Waals surface area contributed by atoms with Gasteiger partial charge in [-0.15, -0.1) is 0 Å². The van der Waals surface area contributed by atoms with E-state index in [0.29, 0.717) is 17.9 Å². The lowest BCUT2D eigenvalue weighted by atomic mass is 10.2. The SMILES string of the molecule is CCCn1cc(N)cc1C(=O)OC(C)C(=O)NC(C)CC. The lowest BCUT2D eigenvalue weighted by molar-refractivity contribution is -0.129. The third-order valence-electron chi connectivity index (χ3n) is 3.25. The summed E-state index contributed by atoms with van der Waals surface area (Å²) in [6, 6.07) is 1.62. The number of amides is 1. The lowest BCUT2D eigenvalue weighted by Gasteiger charge is -2.17. The molecule has 118 valence electrons. The van der Waals surface area contributed by atoms with Crippen molar-refractivity contribution in [2.45, 2.75) is 59.2 Å². The third-order valence-corrected chi connectivity index (χ3v) is 3.25. The largest absolute Gasteiger partial charge is 0.448 e. The fraction of sp³-hybridized carbons (Fsp3) is 0.600. The van der Waals surface area contributed by atoms with Crippen LogP contribution in [0.4, 0.5) is 5.69 Å². The van der Waals surface area contributed by atoms with Crippen LogP contribution in [0, 0.1) is 0 Å². The van der Waals surface area contributed by atoms with Crippen LogP contribution in [0.3, 0.4) is 0 Å². The van der Waals surface area contributed by atoms with Crippen molar-refractivity contribution >= 4 is 17.6 Å². The van der Waals surface area contributed by atoms with E-state index < -0.39 is 12.1 Å². The van der Waals surface area contributed by atoms with E-state index in [2.05, 4.69) is 5.32 Å². The minimum Gasteiger partial charge on any atom is -0.448 e. The van der Waals surface area contributed by atoms with E-state index in [1.165, 1.54) is 0 Å². The predicted molar refractivity (Wildman–Crippen MR) is 81.9 cm³/mol. The van der Waals surface area contributed by atoms with E-state index in [0.717, 1.165) is 12.8 Å². The summed E-state index contributed by atoms with van der Waals surface area (Å²) >= 11 is 0. The number of esters is 1. The molecule has 1 amide bonds. The zero-order valence-corrected chi connectivity index (χ0v) is 13.2. The average molecular weight is 295 g/mol. The number of nitrogens with zero attached hydrogens (tertiary/aromatic N) is 1. The second kappa shape index (κ2) is 7.71. The van der Waals surface area contributed by atoms with Gasteiger partial charge in [0.25, 0.3) is 5.91 Å². The highest BCUT2D eigenvalue weighted by Gasteiger charge is 2.22. The molecule has 0 saturated heterocycles. The lowest BCUT2D eigenvalue weighted by Crippen LogP contribution is -2.40. The number of ether oxygens (including phenoxy) is 1. The van der Waals surface area contributed by atoms with E-state index in [-0.39, 0.29) is 11.9 Å². The molecule has 1 aromatic heterocycles. The molecular formula is C15H25N3O3. The molecule has 2 unspecified atom stereocenters. The number of aryl methyl sites for hydroxylation is 1. The molecule has 0 fully saturated rings. The summed E-state index contributed by atoms with van der Waals surface area (Å²) in [6.07, 6.45) is 2.56. The predicted octanol–water partition coefficient (Wildman–Crippen LogP) is 1.94. The van der Waals surface area contributed by atoms with E-state index in [1.807, 2.05) is 20.8 Å². The van der Waals surface area contributed by atoms with Crippen molar-refractivity contribution in [3.8, 4) is 0 Å². The van der Waals surface area contributed by atoms with E-state index >= 15 is 0 Å². The molecule has 0 aliphatic heterocycles. The molecular weight excluding hydrogens is 270 g/mol. The van der Waals surface area contributed by atoms with Crippen molar-refractivity contribution in [1.82, 2.24) is 9.88 Å². The van der Waals surface area contributed by atoms with Crippen LogP contribution in [0.25, 0.3) is 0 Å². The Kier molecular flexibility index (Phi) is 6.27. The zero-order valence-electron chi connectivity index (χ0n) is 13.2. The summed E-state index contributed by atoms with van der Waals surface area (Å²) in [4.78, 5) is 24.0. The first kappa shape index (κ1) is 17.1. The number of anilines is 1. The Bertz CT molecular complexity index is 496. The van der Waals surface area contributed by atoms with Gasteiger partial charge in [-0.05, 0) is 32.8 Å². The van der Waals surface area contributed by atoms with Crippen LogP contribution >= 0.6 is 0 Å². The second-order valence-electron chi connectivity index (χ2n) is 5.22. The normalized spacial score (nSPS) is 13.5. The van der Waals surface area contributed by atoms with Gasteiger partial charge in [0.2, 0.25) is 0 Å². The molecule has 1 rings (SSSR count). The number of hydrogen-bond acceptors (Lipinski definition) is 4. The van der Waals surface area contributed by atoms with Crippen molar-refractivity contribution < 1.29 is 14.3 Å². The molecule has 1 heterocycles. The summed E-state index contributed by atoms with van der Waals surface area (Å²) in [5.74, 6) is -0.828. The van der Waals surface area contributed by atoms with Gasteiger partial charge in [0, 0.05) is 18.8 Å². The summed E-state index contributed by atoms with van der Waals surface area (Å²) < 4.78 is 6.96. The highest BCUT2D eigenvalue weighted by Crippen LogP contribution is 2.13. The Hall–Kier alpha value is -1.98. The Morgan fingerprint density at radius 3 is 2.62 bits per heavy atom. The van der Waals surface area contributed by atoms with Crippen LogP contribution in [-0.2, 0) is 16.1 Å². The monoisotopic (exact) mass is 295 g/mol. The molecule has 1 aromatic rings. The number of nitrogens with one attached hydrogen (secondary N) is 1. The van der Waals surface area contributed by atoms with Crippen molar-refractivity contribution in [2.24, 2.45) is 0 Å². The van der Waals surface area contributed by atoms with Crippen LogP contribution < -0.4 is 11.1 Å². The Balaban J connectivity index is 2.70. The molecule has 0 bridgehead atoms. The number of rotatable bonds is 7. The minimum absolute atomic E-state index is 0.0539. The smallest absolute Gasteiger partial charge is 0.355 e. The van der Waals surface area contributed by atoms with Crippen LogP contribution in [0.15, 0.2) is 12.3 Å². The maximum Gasteiger partial charge on any atom is 0.355 e. The highest BCUT2D eigenvalue weighted by atomic mass is 16.5. The van der Waals surface area contributed by atoms with Gasteiger partial charge >= 0.3 is 5.97 Å². The van der Waals surface area contributed by atoms with Gasteiger partial charge in [0.05, 0.1) is 5.69 Å². The van der Waals surface area contributed by atoms with Crippen molar-refractivity contribution in [2.75, 3.05) is 5.73 Å². The summed E-state index contributed by atoms with van der Waals surface area (Å²) in [5.41, 5.74) is 6.59. The second-order valence-corrected chi connectivity index (χ2v) is 5.22. The number of carbonyl (C=O) groups excluding carboxylic acids is 2. The van der Waals surface area contributed by atoms with Crippen LogP contribution in [-0.4, -0.2) is 28.6 Å². The topological polar surface area (TPSA) is 86.3 Å². The molecule has 0 spiro atoms. The Morgan fingerprint density at radius 1 is 1.38 bits per heavy atom. The molecule has 21 heavy (non-hydrogen) atoms. The molecule has 6 nitrogen and oxygen atoms in total. The molecule has 3 N–H and O–H groups in total. The maximum atomic E-state index is 12.1. The number of aromatic nitrogens is 1. The Labute approximate surface area is 125 Å². The fourth-order valence-corrected chi connectivity index (χ4v) is 1.87. The van der Waals surface area contributed by atoms with Gasteiger partial charge in [0.15, 0.2) is 6.10 Å². The number of hydrogen-bond donors (Lipinski definition) is 2. The van der Waals surface area contributed by atoms with Crippen LogP contribution in [0.5, 0.6) is 0 Å². The highest BCUT2D eigenvalue weighted by molar-refractivity contribution is 5.92. The minimum atomic E-state index is -0.835. The molecule has 0 aromatic carbocycles. The molecule has 0 aliphatic carbocycles. The third kappa shape index (κ3) is 4.81. The first-order valence-corrected chi connectivity index (χ1v) is 7.36. The number of nitrogen functional groups attached to an aromatic ring is 1. The quantitative estimate of drug-likeness (QED) is 0.753. The average Bonchev–Trinajstić information content (AvgIpc) is 2.79. The van der Waals surface area contributed by atoms with Gasteiger partial charge < -0.3 is 20.4 Å². The van der Waals surface area contributed by atoms with E-state index in [9.17, 15) is 9.59 Å². The summed E-state index contributed by atoms with van der Waals surface area (Å²) in [7, 11) is 0. The van der Waals surface area contributed by atoms with E-state index in [4.69, 9.17) is 10.5 Å². The summed E-state index contributed by atoms with van der Waals surface area (Å²) in [5, 5.41) is 2.78. The van der Waals surface area contributed by atoms with Crippen LogP contribution in [0.2, 0.25) is 0 Å². The molecule has 0 radical (unpaired) electrons. The number of carbonyl (C=O) groups is 2. The van der Waals surface area contributed by atoms with Gasteiger partial charge in [-0.1, -0.05) is 13.8 Å². The van der Waals surface area contributed by atoms with Gasteiger partial charge in [0.1, 0.15) is 5.69 Å². The van der Waals surface area contributed by atoms with Gasteiger partial charge in [-0.25, -0.2) is 4.79 Å². The zero-order chi connectivity index (χ0) is 16.0. The van der Waals surface area contributed by atoms with Crippen molar-refractivity contribution in [1.29, 1.82) is 0 Å².